The number of carbonyl (C=O) groups is 8. The van der Waals surface area contributed by atoms with Gasteiger partial charge in [-0.15, -0.1) is 11.8 Å². The second kappa shape index (κ2) is 27.2. The second-order valence-corrected chi connectivity index (χ2v) is 26.1. The van der Waals surface area contributed by atoms with Crippen molar-refractivity contribution in [1.82, 2.24) is 46.1 Å². The number of carbonyl (C=O) groups excluding carboxylic acids is 6. The molecule has 23 nitrogen and oxygen atoms in total. The van der Waals surface area contributed by atoms with Crippen LogP contribution in [0, 0.1) is 35.5 Å². The standard InChI is InChI=1S/C41H57FN4O9S2.C20H23N7O3/c1-5-30(49)43-16-17-56-21-24-22-57-35-32(34(51)46(35)33(24)36(52)53)45-31(50)10-8-6-7-9-15-44-37(54)41(55)23(2)18-28-27-12-11-25-19-26(47)13-14-38(25,3)40(27,42)29(48)20-39(28,41)4;1-4-15(20(29)30)26-19(28)12-5-7-14(8-6-12)27(3)10-13-9-22-18-16(25-13)17(21)23-11(2)24-18/h13-14,19,23,27-29,32,35,48,55H,5-12,15-18,20-22H2,1-4H3,(H,43,49)(H,44,54)(H,45,50)(H,52,53);5-9,15H,4,10H2,1-3H3,(H,26,28)(H,29,30)(H2,21,22,23,24)/t23-,27?,28+,29+,32-,35-,38+,39+,40+,41+;15-/m10/s1. The number of aryl methyl sites for hydroxylation is 1. The fraction of sp³-hybridized carbons (Fsp3) is 0.574. The SMILES string of the molecule is CCC(=O)NCCSCC1=C(C(=O)O)N2C(=O)[C@@H](NC(=O)CCCCCCNC(=O)[C@@]3(O)[C@H](C)C[C@H]4C5CCC6=CC(=O)C=C[C@]6(C)[C@@]5(F)[C@@H](O)C[C@@]43C)[C@H]2SC1.CC[C@H](NC(=O)c1ccc(N(C)Cc2cnc3nc(C)nc(N)c3n2)cc1)C(=O)O. The van der Waals surface area contributed by atoms with Crippen molar-refractivity contribution in [2.24, 2.45) is 28.6 Å². The number of hydrogen-bond donors (Lipinski definition) is 9. The first-order valence-corrected chi connectivity index (χ1v) is 31.9. The lowest BCUT2D eigenvalue weighted by Crippen LogP contribution is -2.70. The quantitative estimate of drug-likeness (QED) is 0.0448. The fourth-order valence-electron chi connectivity index (χ4n) is 13.7. The molecule has 2 aromatic heterocycles. The highest BCUT2D eigenvalue weighted by Gasteiger charge is 2.76. The molecule has 4 fully saturated rings. The summed E-state index contributed by atoms with van der Waals surface area (Å²) in [5, 5.41) is 53.2. The Morgan fingerprint density at radius 1 is 0.977 bits per heavy atom. The summed E-state index contributed by atoms with van der Waals surface area (Å²) in [7, 11) is 1.88. The number of aliphatic hydroxyl groups is 2. The van der Waals surface area contributed by atoms with E-state index in [-0.39, 0.29) is 47.9 Å². The number of hydrogen-bond acceptors (Lipinski definition) is 18. The van der Waals surface area contributed by atoms with Gasteiger partial charge in [-0.1, -0.05) is 52.2 Å². The van der Waals surface area contributed by atoms with Crippen LogP contribution in [0.3, 0.4) is 0 Å². The number of allylic oxidation sites excluding steroid dienone is 4. The van der Waals surface area contributed by atoms with Gasteiger partial charge in [-0.25, -0.2) is 33.9 Å². The largest absolute Gasteiger partial charge is 0.480 e. The van der Waals surface area contributed by atoms with Gasteiger partial charge in [-0.3, -0.25) is 33.7 Å². The van der Waals surface area contributed by atoms with Crippen LogP contribution in [-0.2, 0) is 40.1 Å². The number of carboxylic acid groups (broad SMARTS) is 2. The molecule has 26 heteroatoms. The summed E-state index contributed by atoms with van der Waals surface area (Å²) < 4.78 is 17.4. The van der Waals surface area contributed by atoms with Crippen LogP contribution in [0.4, 0.5) is 15.9 Å². The number of β-lactam (4-membered cyclic amide) rings is 1. The van der Waals surface area contributed by atoms with Gasteiger partial charge in [0.2, 0.25) is 11.8 Å². The Morgan fingerprint density at radius 2 is 1.70 bits per heavy atom. The first kappa shape index (κ1) is 65.9. The Labute approximate surface area is 513 Å². The van der Waals surface area contributed by atoms with Crippen LogP contribution in [0.25, 0.3) is 11.2 Å². The van der Waals surface area contributed by atoms with Gasteiger partial charge in [-0.2, -0.15) is 11.8 Å². The highest BCUT2D eigenvalue weighted by Crippen LogP contribution is 2.70. The average molecular weight is 1240 g/mol. The molecule has 470 valence electrons. The fourth-order valence-corrected chi connectivity index (χ4v) is 16.0. The van der Waals surface area contributed by atoms with E-state index in [0.717, 1.165) is 5.69 Å². The summed E-state index contributed by atoms with van der Waals surface area (Å²) in [5.41, 5.74) is 4.01. The highest BCUT2D eigenvalue weighted by molar-refractivity contribution is 8.01. The van der Waals surface area contributed by atoms with Gasteiger partial charge in [0.05, 0.1) is 24.5 Å². The third kappa shape index (κ3) is 13.1. The Bertz CT molecular complexity index is 3280. The van der Waals surface area contributed by atoms with Gasteiger partial charge >= 0.3 is 11.9 Å². The van der Waals surface area contributed by atoms with Crippen molar-refractivity contribution in [3.63, 3.8) is 0 Å². The van der Waals surface area contributed by atoms with Crippen molar-refractivity contribution in [1.29, 1.82) is 0 Å². The van der Waals surface area contributed by atoms with E-state index in [0.29, 0.717) is 134 Å². The number of halogens is 1. The Kier molecular flexibility index (Phi) is 20.6. The number of rotatable bonds is 23. The van der Waals surface area contributed by atoms with Crippen molar-refractivity contribution in [3.8, 4) is 0 Å². The molecule has 0 radical (unpaired) electrons. The third-order valence-electron chi connectivity index (χ3n) is 18.5. The van der Waals surface area contributed by atoms with Crippen molar-refractivity contribution < 1.29 is 63.2 Å². The molecular weight excluding hydrogens is 1160 g/mol. The van der Waals surface area contributed by atoms with Crippen LogP contribution in [-0.4, -0.2) is 165 Å². The van der Waals surface area contributed by atoms with Crippen molar-refractivity contribution in [2.45, 2.75) is 154 Å². The number of nitrogens with one attached hydrogen (secondary N) is 4. The second-order valence-electron chi connectivity index (χ2n) is 23.9. The van der Waals surface area contributed by atoms with Crippen LogP contribution in [0.1, 0.15) is 127 Å². The molecule has 6 aliphatic rings. The number of benzene rings is 1. The van der Waals surface area contributed by atoms with E-state index >= 15 is 4.39 Å². The van der Waals surface area contributed by atoms with E-state index in [9.17, 15) is 53.7 Å². The Balaban J connectivity index is 0.000000274. The summed E-state index contributed by atoms with van der Waals surface area (Å²) in [6.45, 7) is 11.8. The minimum atomic E-state index is -2.04. The average Bonchev–Trinajstić information content (AvgIpc) is 1.65. The lowest BCUT2D eigenvalue weighted by molar-refractivity contribution is -0.219. The number of aliphatic carboxylic acids is 2. The number of amides is 5. The van der Waals surface area contributed by atoms with E-state index in [2.05, 4.69) is 41.2 Å². The molecule has 4 heterocycles. The van der Waals surface area contributed by atoms with Crippen LogP contribution in [0.15, 0.2) is 65.5 Å². The van der Waals surface area contributed by atoms with E-state index < -0.39 is 87.2 Å². The lowest BCUT2D eigenvalue weighted by atomic mass is 9.44. The first-order valence-electron chi connectivity index (χ1n) is 29.7. The molecule has 2 aliphatic heterocycles. The summed E-state index contributed by atoms with van der Waals surface area (Å²) >= 11 is 2.91. The van der Waals surface area contributed by atoms with Crippen LogP contribution in [0.5, 0.6) is 0 Å². The molecule has 0 spiro atoms. The highest BCUT2D eigenvalue weighted by atomic mass is 32.2. The number of nitrogens with two attached hydrogens (primary N) is 1. The minimum absolute atomic E-state index is 0.0284. The maximum Gasteiger partial charge on any atom is 0.352 e. The molecule has 9 rings (SSSR count). The molecule has 11 atom stereocenters. The number of ketones is 1. The van der Waals surface area contributed by atoms with Crippen molar-refractivity contribution in [3.05, 3.63) is 82.6 Å². The predicted octanol–water partition coefficient (Wildman–Crippen LogP) is 4.94. The van der Waals surface area contributed by atoms with Crippen LogP contribution >= 0.6 is 23.5 Å². The van der Waals surface area contributed by atoms with E-state index in [1.54, 1.807) is 64.2 Å². The summed E-state index contributed by atoms with van der Waals surface area (Å²) in [5.74, 6) is -3.31. The molecule has 4 aliphatic carbocycles. The molecule has 1 unspecified atom stereocenters. The molecule has 10 N–H and O–H groups in total. The van der Waals surface area contributed by atoms with Crippen LogP contribution in [0.2, 0.25) is 0 Å². The molecule has 87 heavy (non-hydrogen) atoms. The zero-order valence-electron chi connectivity index (χ0n) is 50.2. The number of fused-ring (bicyclic) bond motifs is 7. The zero-order chi connectivity index (χ0) is 63.3. The monoisotopic (exact) mass is 1240 g/mol. The van der Waals surface area contributed by atoms with Crippen molar-refractivity contribution >= 4 is 93.5 Å². The first-order chi connectivity index (χ1) is 41.2. The number of thioether (sulfide) groups is 2. The molecule has 0 bridgehead atoms. The normalized spacial score (nSPS) is 28.1. The maximum absolute atomic E-state index is 17.4. The number of nitrogens with zero attached hydrogens (tertiary/aromatic N) is 6. The molecule has 1 aromatic carbocycles. The van der Waals surface area contributed by atoms with Gasteiger partial charge in [0, 0.05) is 78.2 Å². The third-order valence-corrected chi connectivity index (χ3v) is 20.9. The lowest BCUT2D eigenvalue weighted by Gasteiger charge is -2.62. The maximum atomic E-state index is 17.4. The smallest absolute Gasteiger partial charge is 0.352 e. The molecule has 3 saturated carbocycles. The summed E-state index contributed by atoms with van der Waals surface area (Å²) in [4.78, 5) is 119. The molecule has 5 amide bonds. The number of unbranched alkanes of at least 4 members (excludes halogenated alkanes) is 3. The topological polar surface area (TPSA) is 350 Å². The van der Waals surface area contributed by atoms with Crippen LogP contribution < -0.4 is 31.9 Å². The Morgan fingerprint density at radius 3 is 2.39 bits per heavy atom. The van der Waals surface area contributed by atoms with Gasteiger partial charge in [0.15, 0.2) is 34.0 Å². The minimum Gasteiger partial charge on any atom is -0.480 e. The van der Waals surface area contributed by atoms with E-state index in [1.165, 1.54) is 40.6 Å². The summed E-state index contributed by atoms with van der Waals surface area (Å²) in [6.07, 6.45) is 9.35. The van der Waals surface area contributed by atoms with Gasteiger partial charge in [-0.05, 0) is 113 Å². The van der Waals surface area contributed by atoms with E-state index in [4.69, 9.17) is 10.8 Å². The van der Waals surface area contributed by atoms with E-state index in [1.807, 2.05) is 25.8 Å². The zero-order valence-corrected chi connectivity index (χ0v) is 51.8. The van der Waals surface area contributed by atoms with Gasteiger partial charge < -0.3 is 52.3 Å². The number of aliphatic hydroxyl groups excluding tert-OH is 1. The molecule has 1 saturated heterocycles. The van der Waals surface area contributed by atoms with Gasteiger partial charge in [0.25, 0.3) is 17.7 Å². The number of anilines is 2. The summed E-state index contributed by atoms with van der Waals surface area (Å²) in [6, 6.07) is 5.16. The van der Waals surface area contributed by atoms with Gasteiger partial charge in [0.1, 0.15) is 29.0 Å². The number of aromatic nitrogens is 4. The molecular formula is C61H80FN11O12S2. The predicted molar refractivity (Wildman–Crippen MR) is 326 cm³/mol. The molecule has 3 aromatic rings. The number of nitrogen functional groups attached to an aromatic ring is 1. The van der Waals surface area contributed by atoms with Crippen molar-refractivity contribution in [2.75, 3.05) is 48.0 Å². The number of alkyl halides is 1. The Hall–Kier alpha value is -7.03. The number of carboxylic acids is 2.